The Morgan fingerprint density at radius 3 is 2.24 bits per heavy atom. The number of hydrogen-bond donors (Lipinski definition) is 3. The summed E-state index contributed by atoms with van der Waals surface area (Å²) in [5.41, 5.74) is 1.31. The Kier molecular flexibility index (Phi) is 7.46. The highest BCUT2D eigenvalue weighted by Crippen LogP contribution is 2.09. The molecule has 5 nitrogen and oxygen atoms in total. The molecule has 0 aliphatic rings. The number of quaternary nitrogens is 1. The molecule has 0 fully saturated rings. The van der Waals surface area contributed by atoms with Crippen molar-refractivity contribution >= 4 is 17.5 Å². The number of hydrogen-bond acceptors (Lipinski definition) is 2. The molecule has 2 amide bonds. The molecule has 0 radical (unpaired) electrons. The minimum absolute atomic E-state index is 0.0704. The maximum absolute atomic E-state index is 12.0. The Morgan fingerprint density at radius 2 is 1.71 bits per heavy atom. The average Bonchev–Trinajstić information content (AvgIpc) is 2.47. The van der Waals surface area contributed by atoms with Gasteiger partial charge in [-0.15, -0.1) is 0 Å². The van der Waals surface area contributed by atoms with Crippen molar-refractivity contribution in [2.75, 3.05) is 31.5 Å². The summed E-state index contributed by atoms with van der Waals surface area (Å²) in [5, 5.41) is 5.60. The van der Waals surface area contributed by atoms with Gasteiger partial charge in [-0.3, -0.25) is 9.59 Å². The lowest BCUT2D eigenvalue weighted by molar-refractivity contribution is -0.896. The van der Waals surface area contributed by atoms with E-state index >= 15 is 0 Å². The number of benzene rings is 1. The van der Waals surface area contributed by atoms with Gasteiger partial charge >= 0.3 is 0 Å². The van der Waals surface area contributed by atoms with E-state index in [1.165, 1.54) is 6.92 Å². The number of anilines is 1. The van der Waals surface area contributed by atoms with Crippen molar-refractivity contribution in [3.05, 3.63) is 29.8 Å². The van der Waals surface area contributed by atoms with Crippen molar-refractivity contribution < 1.29 is 14.5 Å². The molecular weight excluding hydrogens is 266 g/mol. The van der Waals surface area contributed by atoms with Crippen molar-refractivity contribution in [2.45, 2.75) is 27.2 Å². The van der Waals surface area contributed by atoms with Crippen LogP contribution in [0.5, 0.6) is 0 Å². The predicted octanol–water partition coefficient (Wildman–Crippen LogP) is 0.690. The molecule has 21 heavy (non-hydrogen) atoms. The first-order chi connectivity index (χ1) is 10.1. The number of carbonyl (C=O) groups is 2. The lowest BCUT2D eigenvalue weighted by atomic mass is 10.2. The van der Waals surface area contributed by atoms with Gasteiger partial charge in [-0.2, -0.15) is 0 Å². The number of carbonyl (C=O) groups excluding carboxylic acids is 2. The molecule has 1 aromatic carbocycles. The Bertz CT molecular complexity index is 453. The summed E-state index contributed by atoms with van der Waals surface area (Å²) in [7, 11) is 0. The smallest absolute Gasteiger partial charge is 0.251 e. The van der Waals surface area contributed by atoms with Gasteiger partial charge in [0.05, 0.1) is 19.6 Å². The van der Waals surface area contributed by atoms with E-state index in [2.05, 4.69) is 24.5 Å². The predicted molar refractivity (Wildman–Crippen MR) is 84.6 cm³/mol. The number of rotatable bonds is 8. The third-order valence-corrected chi connectivity index (χ3v) is 3.46. The minimum atomic E-state index is -0.119. The molecule has 0 heterocycles. The minimum Gasteiger partial charge on any atom is -0.352 e. The van der Waals surface area contributed by atoms with E-state index in [9.17, 15) is 9.59 Å². The third-order valence-electron chi connectivity index (χ3n) is 3.46. The van der Waals surface area contributed by atoms with Crippen LogP contribution in [0.3, 0.4) is 0 Å². The highest BCUT2D eigenvalue weighted by Gasteiger charge is 2.06. The van der Waals surface area contributed by atoms with Gasteiger partial charge in [-0.25, -0.2) is 0 Å². The van der Waals surface area contributed by atoms with Crippen molar-refractivity contribution in [3.63, 3.8) is 0 Å². The van der Waals surface area contributed by atoms with Crippen LogP contribution in [-0.4, -0.2) is 38.0 Å². The molecular formula is C16H26N3O2+. The largest absolute Gasteiger partial charge is 0.352 e. The fraction of sp³-hybridized carbons (Fsp3) is 0.500. The van der Waals surface area contributed by atoms with Crippen LogP contribution in [-0.2, 0) is 4.79 Å². The van der Waals surface area contributed by atoms with Gasteiger partial charge in [0.1, 0.15) is 0 Å². The van der Waals surface area contributed by atoms with Gasteiger partial charge in [-0.05, 0) is 38.1 Å². The Labute approximate surface area is 126 Å². The Hall–Kier alpha value is -1.88. The molecule has 0 aliphatic heterocycles. The first-order valence-electron chi connectivity index (χ1n) is 7.56. The van der Waals surface area contributed by atoms with Crippen LogP contribution >= 0.6 is 0 Å². The molecule has 0 atom stereocenters. The SMILES string of the molecule is CC[NH+](CC)CCCNC(=O)c1ccc(NC(C)=O)cc1. The molecule has 1 aromatic rings. The van der Waals surface area contributed by atoms with Crippen LogP contribution in [0, 0.1) is 0 Å². The zero-order chi connectivity index (χ0) is 15.7. The fourth-order valence-electron chi connectivity index (χ4n) is 2.15. The monoisotopic (exact) mass is 292 g/mol. The lowest BCUT2D eigenvalue weighted by Crippen LogP contribution is -3.11. The van der Waals surface area contributed by atoms with Gasteiger partial charge in [-0.1, -0.05) is 0 Å². The van der Waals surface area contributed by atoms with Crippen LogP contribution in [0.25, 0.3) is 0 Å². The summed E-state index contributed by atoms with van der Waals surface area (Å²) in [6.07, 6.45) is 0.979. The van der Waals surface area contributed by atoms with Crippen molar-refractivity contribution in [2.24, 2.45) is 0 Å². The molecule has 0 aliphatic carbocycles. The molecule has 0 saturated heterocycles. The number of nitrogens with one attached hydrogen (secondary N) is 3. The van der Waals surface area contributed by atoms with E-state index in [0.29, 0.717) is 17.8 Å². The standard InChI is InChI=1S/C16H25N3O2/c1-4-19(5-2)12-6-11-17-16(21)14-7-9-15(10-8-14)18-13(3)20/h7-10H,4-6,11-12H2,1-3H3,(H,17,21)(H,18,20)/p+1. The second kappa shape index (κ2) is 9.13. The molecule has 0 unspecified atom stereocenters. The molecule has 0 aromatic heterocycles. The average molecular weight is 292 g/mol. The zero-order valence-electron chi connectivity index (χ0n) is 13.2. The van der Waals surface area contributed by atoms with Crippen LogP contribution in [0.4, 0.5) is 5.69 Å². The Morgan fingerprint density at radius 1 is 1.10 bits per heavy atom. The highest BCUT2D eigenvalue weighted by atomic mass is 16.2. The van der Waals surface area contributed by atoms with Gasteiger partial charge < -0.3 is 15.5 Å². The van der Waals surface area contributed by atoms with E-state index in [4.69, 9.17) is 0 Å². The van der Waals surface area contributed by atoms with Crippen LogP contribution in [0.2, 0.25) is 0 Å². The molecule has 0 saturated carbocycles. The maximum Gasteiger partial charge on any atom is 0.251 e. The topological polar surface area (TPSA) is 62.6 Å². The zero-order valence-corrected chi connectivity index (χ0v) is 13.2. The second-order valence-corrected chi connectivity index (χ2v) is 5.08. The number of amides is 2. The van der Waals surface area contributed by atoms with Crippen molar-refractivity contribution in [1.29, 1.82) is 0 Å². The molecule has 1 rings (SSSR count). The second-order valence-electron chi connectivity index (χ2n) is 5.08. The van der Waals surface area contributed by atoms with Gasteiger partial charge in [0.2, 0.25) is 5.91 Å². The van der Waals surface area contributed by atoms with Gasteiger partial charge in [0.15, 0.2) is 0 Å². The fourth-order valence-corrected chi connectivity index (χ4v) is 2.15. The summed E-state index contributed by atoms with van der Waals surface area (Å²) in [5.74, 6) is -0.190. The first kappa shape index (κ1) is 17.2. The van der Waals surface area contributed by atoms with E-state index in [-0.39, 0.29) is 11.8 Å². The first-order valence-corrected chi connectivity index (χ1v) is 7.56. The van der Waals surface area contributed by atoms with Crippen molar-refractivity contribution in [3.8, 4) is 0 Å². The van der Waals surface area contributed by atoms with Crippen LogP contribution in [0.1, 0.15) is 37.6 Å². The highest BCUT2D eigenvalue weighted by molar-refractivity contribution is 5.95. The van der Waals surface area contributed by atoms with E-state index in [1.54, 1.807) is 29.2 Å². The molecule has 116 valence electrons. The molecule has 0 spiro atoms. The Balaban J connectivity index is 2.36. The lowest BCUT2D eigenvalue weighted by Gasteiger charge is -2.15. The van der Waals surface area contributed by atoms with E-state index in [1.807, 2.05) is 0 Å². The van der Waals surface area contributed by atoms with Crippen LogP contribution < -0.4 is 15.5 Å². The summed E-state index contributed by atoms with van der Waals surface area (Å²) in [6.45, 7) is 9.81. The van der Waals surface area contributed by atoms with Gasteiger partial charge in [0, 0.05) is 31.1 Å². The van der Waals surface area contributed by atoms with Crippen molar-refractivity contribution in [1.82, 2.24) is 5.32 Å². The summed E-state index contributed by atoms with van der Waals surface area (Å²) in [6, 6.07) is 6.90. The molecule has 3 N–H and O–H groups in total. The third kappa shape index (κ3) is 6.40. The maximum atomic E-state index is 12.0. The molecule has 0 bridgehead atoms. The molecule has 5 heteroatoms. The summed E-state index contributed by atoms with van der Waals surface area (Å²) < 4.78 is 0. The van der Waals surface area contributed by atoms with E-state index < -0.39 is 0 Å². The normalized spacial score (nSPS) is 10.5. The van der Waals surface area contributed by atoms with Crippen LogP contribution in [0.15, 0.2) is 24.3 Å². The summed E-state index contributed by atoms with van der Waals surface area (Å²) >= 11 is 0. The van der Waals surface area contributed by atoms with E-state index in [0.717, 1.165) is 26.1 Å². The summed E-state index contributed by atoms with van der Waals surface area (Å²) in [4.78, 5) is 24.4. The van der Waals surface area contributed by atoms with Gasteiger partial charge in [0.25, 0.3) is 5.91 Å². The quantitative estimate of drug-likeness (QED) is 0.617.